The van der Waals surface area contributed by atoms with Crippen LogP contribution in [-0.2, 0) is 44.3 Å². The van der Waals surface area contributed by atoms with Crippen LogP contribution < -0.4 is 13.6 Å². The Morgan fingerprint density at radius 1 is 0.362 bits per heavy atom. The normalized spacial score (nSPS) is 13.8. The van der Waals surface area contributed by atoms with Crippen LogP contribution in [-0.4, -0.2) is 0 Å². The lowest BCUT2D eigenvalue weighted by Crippen LogP contribution is -2.21. The third-order valence-corrected chi connectivity index (χ3v) is 10.5. The average Bonchev–Trinajstić information content (AvgIpc) is 2.85. The second-order valence-corrected chi connectivity index (χ2v) is 22.1. The quantitative estimate of drug-likeness (QED) is 0.243. The Morgan fingerprint density at radius 3 is 0.745 bits per heavy atom. The van der Waals surface area contributed by atoms with Crippen molar-refractivity contribution in [1.82, 2.24) is 0 Å². The molecule has 0 heterocycles. The zero-order chi connectivity index (χ0) is 36.2. The van der Waals surface area contributed by atoms with Gasteiger partial charge in [-0.3, -0.25) is 0 Å². The molecule has 0 aliphatic heterocycles. The predicted molar refractivity (Wildman–Crippen MR) is 208 cm³/mol. The molecule has 3 aromatic carbocycles. The van der Waals surface area contributed by atoms with Crippen molar-refractivity contribution >= 4 is 18.5 Å². The molecule has 0 bridgehead atoms. The third-order valence-electron chi connectivity index (χ3n) is 8.59. The van der Waals surface area contributed by atoms with E-state index in [1.807, 2.05) is 0 Å². The molecular formula is C42H63O3PS. The van der Waals surface area contributed by atoms with Crippen LogP contribution >= 0.6 is 6.72 Å². The van der Waals surface area contributed by atoms with Gasteiger partial charge in [0.25, 0.3) is 0 Å². The van der Waals surface area contributed by atoms with Gasteiger partial charge in [-0.1, -0.05) is 161 Å². The molecule has 260 valence electrons. The van der Waals surface area contributed by atoms with Gasteiger partial charge >= 0.3 is 6.72 Å². The van der Waals surface area contributed by atoms with Crippen molar-refractivity contribution in [1.29, 1.82) is 0 Å². The molecule has 0 N–H and O–H groups in total. The van der Waals surface area contributed by atoms with E-state index in [0.717, 1.165) is 16.7 Å². The van der Waals surface area contributed by atoms with Crippen molar-refractivity contribution < 1.29 is 13.6 Å². The Morgan fingerprint density at radius 2 is 0.574 bits per heavy atom. The topological polar surface area (TPSA) is 27.7 Å². The molecule has 0 radical (unpaired) electrons. The first kappa shape index (κ1) is 39.2. The summed E-state index contributed by atoms with van der Waals surface area (Å²) >= 11 is 6.46. The Bertz CT molecular complexity index is 1430. The van der Waals surface area contributed by atoms with Gasteiger partial charge in [-0.25, -0.2) is 0 Å². The SMILES string of the molecule is CC(C)(C)c1ccc(OP(=S)(Oc2ccc(C(C)(C)C)cc2C(C)(C)C)Oc2ccc(C(C)(C)C)cc2C(C)(C)C)c(C(C)(C)C)c1. The van der Waals surface area contributed by atoms with Gasteiger partial charge in [0.1, 0.15) is 17.2 Å². The summed E-state index contributed by atoms with van der Waals surface area (Å²) in [6, 6.07) is 19.3. The molecule has 0 amide bonds. The maximum absolute atomic E-state index is 6.95. The number of benzene rings is 3. The smallest absolute Gasteiger partial charge is 0.407 e. The summed E-state index contributed by atoms with van der Waals surface area (Å²) in [5.74, 6) is 2.09. The first-order valence-corrected chi connectivity index (χ1v) is 19.6. The summed E-state index contributed by atoms with van der Waals surface area (Å²) in [7, 11) is 0. The molecule has 0 spiro atoms. The van der Waals surface area contributed by atoms with Gasteiger partial charge in [0.2, 0.25) is 0 Å². The third kappa shape index (κ3) is 9.88. The van der Waals surface area contributed by atoms with Crippen molar-refractivity contribution in [2.75, 3.05) is 0 Å². The molecule has 47 heavy (non-hydrogen) atoms. The number of hydrogen-bond acceptors (Lipinski definition) is 4. The van der Waals surface area contributed by atoms with E-state index in [1.165, 1.54) is 16.7 Å². The van der Waals surface area contributed by atoms with Gasteiger partial charge in [-0.2, -0.15) is 0 Å². The molecule has 5 heteroatoms. The maximum Gasteiger partial charge on any atom is 0.490 e. The van der Waals surface area contributed by atoms with Crippen LogP contribution in [0.1, 0.15) is 158 Å². The van der Waals surface area contributed by atoms with Gasteiger partial charge in [-0.05, 0) is 67.4 Å². The molecular weight excluding hydrogens is 616 g/mol. The monoisotopic (exact) mass is 678 g/mol. The fourth-order valence-electron chi connectivity index (χ4n) is 5.40. The van der Waals surface area contributed by atoms with Gasteiger partial charge < -0.3 is 13.6 Å². The predicted octanol–water partition coefficient (Wildman–Crippen LogP) is 13.2. The molecule has 0 saturated carbocycles. The summed E-state index contributed by atoms with van der Waals surface area (Å²) in [5, 5.41) is 0. The van der Waals surface area contributed by atoms with Crippen LogP contribution in [0.15, 0.2) is 54.6 Å². The summed E-state index contributed by atoms with van der Waals surface area (Å²) in [6.45, 7) is 36.4. The molecule has 0 aromatic heterocycles. The molecule has 0 saturated heterocycles. The second-order valence-electron chi connectivity index (χ2n) is 19.4. The Balaban J connectivity index is 2.32. The number of hydrogen-bond donors (Lipinski definition) is 0. The van der Waals surface area contributed by atoms with Crippen molar-refractivity contribution in [2.24, 2.45) is 0 Å². The zero-order valence-electron chi connectivity index (χ0n) is 32.8. The Labute approximate surface area is 293 Å². The Kier molecular flexibility index (Phi) is 10.7. The van der Waals surface area contributed by atoms with E-state index in [1.54, 1.807) is 0 Å². The molecule has 0 aliphatic rings. The van der Waals surface area contributed by atoms with Crippen LogP contribution in [0.2, 0.25) is 0 Å². The summed E-state index contributed by atoms with van der Waals surface area (Å²) in [6.07, 6.45) is 0. The van der Waals surface area contributed by atoms with E-state index in [0.29, 0.717) is 17.2 Å². The van der Waals surface area contributed by atoms with Crippen LogP contribution in [0.5, 0.6) is 17.2 Å². The first-order chi connectivity index (χ1) is 20.9. The van der Waals surface area contributed by atoms with E-state index in [-0.39, 0.29) is 32.5 Å². The molecule has 0 fully saturated rings. The van der Waals surface area contributed by atoms with E-state index in [4.69, 9.17) is 25.4 Å². The highest BCUT2D eigenvalue weighted by molar-refractivity contribution is 8.08. The maximum atomic E-state index is 6.95. The van der Waals surface area contributed by atoms with Crippen molar-refractivity contribution in [3.8, 4) is 17.2 Å². The van der Waals surface area contributed by atoms with Crippen molar-refractivity contribution in [2.45, 2.75) is 157 Å². The highest BCUT2D eigenvalue weighted by atomic mass is 32.5. The Hall–Kier alpha value is -2.29. The van der Waals surface area contributed by atoms with Gasteiger partial charge in [0.05, 0.1) is 0 Å². The molecule has 3 aromatic rings. The minimum Gasteiger partial charge on any atom is -0.407 e. The minimum absolute atomic E-state index is 0.0153. The fourth-order valence-corrected chi connectivity index (χ4v) is 7.44. The van der Waals surface area contributed by atoms with Crippen molar-refractivity contribution in [3.63, 3.8) is 0 Å². The highest BCUT2D eigenvalue weighted by Gasteiger charge is 2.35. The van der Waals surface area contributed by atoms with Gasteiger partial charge in [-0.15, -0.1) is 0 Å². The van der Waals surface area contributed by atoms with E-state index in [2.05, 4.69) is 179 Å². The molecule has 0 aliphatic carbocycles. The molecule has 3 rings (SSSR count). The lowest BCUT2D eigenvalue weighted by molar-refractivity contribution is 0.368. The minimum atomic E-state index is -3.51. The standard InChI is InChI=1S/C42H63O3PS/c1-37(2,3)28-19-22-34(31(25-28)40(10,11)12)43-46(47,44-35-23-20-29(38(4,5)6)26-32(35)41(13,14)15)45-36-24-21-30(39(7,8)9)27-33(36)42(16,17)18/h19-27H,1-18H3. The fraction of sp³-hybridized carbons (Fsp3) is 0.571. The van der Waals surface area contributed by atoms with Gasteiger partial charge in [0.15, 0.2) is 0 Å². The van der Waals surface area contributed by atoms with Crippen LogP contribution in [0.4, 0.5) is 0 Å². The lowest BCUT2D eigenvalue weighted by atomic mass is 9.80. The highest BCUT2D eigenvalue weighted by Crippen LogP contribution is 2.55. The van der Waals surface area contributed by atoms with E-state index in [9.17, 15) is 0 Å². The van der Waals surface area contributed by atoms with Crippen LogP contribution in [0, 0.1) is 0 Å². The lowest BCUT2D eigenvalue weighted by Gasteiger charge is -2.33. The summed E-state index contributed by atoms with van der Waals surface area (Å²) < 4.78 is 20.8. The average molecular weight is 679 g/mol. The van der Waals surface area contributed by atoms with E-state index < -0.39 is 6.72 Å². The van der Waals surface area contributed by atoms with Crippen LogP contribution in [0.25, 0.3) is 0 Å². The second kappa shape index (κ2) is 12.9. The largest absolute Gasteiger partial charge is 0.490 e. The van der Waals surface area contributed by atoms with Gasteiger partial charge in [0, 0.05) is 28.5 Å². The molecule has 3 nitrogen and oxygen atoms in total. The summed E-state index contributed by atoms with van der Waals surface area (Å²) in [4.78, 5) is 0. The molecule has 0 atom stereocenters. The zero-order valence-corrected chi connectivity index (χ0v) is 34.5. The van der Waals surface area contributed by atoms with Crippen LogP contribution in [0.3, 0.4) is 0 Å². The first-order valence-electron chi connectivity index (χ1n) is 17.1. The summed E-state index contributed by atoms with van der Waals surface area (Å²) in [5.41, 5.74) is 6.29. The number of rotatable bonds is 6. The molecule has 0 unspecified atom stereocenters. The van der Waals surface area contributed by atoms with E-state index >= 15 is 0 Å². The van der Waals surface area contributed by atoms with Crippen molar-refractivity contribution in [3.05, 3.63) is 88.0 Å².